The Hall–Kier alpha value is -3.16. The maximum atomic E-state index is 11.5. The number of piperazine rings is 1. The number of anilines is 2. The molecule has 0 radical (unpaired) electrons. The van der Waals surface area contributed by atoms with Gasteiger partial charge in [0.2, 0.25) is 5.88 Å². The molecule has 8 nitrogen and oxygen atoms in total. The summed E-state index contributed by atoms with van der Waals surface area (Å²) in [6.45, 7) is 3.41. The number of ether oxygens (including phenoxy) is 1. The number of aromatic nitrogens is 4. The lowest BCUT2D eigenvalue weighted by Crippen LogP contribution is -2.47. The molecule has 4 rings (SSSR count). The molecule has 1 saturated heterocycles. The van der Waals surface area contributed by atoms with Crippen LogP contribution in [0.5, 0.6) is 5.88 Å². The number of hydrogen-bond acceptors (Lipinski definition) is 7. The highest BCUT2D eigenvalue weighted by Crippen LogP contribution is 2.27. The highest BCUT2D eigenvalue weighted by Gasteiger charge is 2.19. The molecule has 3 heterocycles. The SMILES string of the molecule is COc1ncnc2ccc(N3CCN(c4ccc(=O)n(C)n4)CC3)cc12. The van der Waals surface area contributed by atoms with Crippen LogP contribution >= 0.6 is 0 Å². The number of benzene rings is 1. The van der Waals surface area contributed by atoms with Gasteiger partial charge in [-0.05, 0) is 24.3 Å². The predicted molar refractivity (Wildman–Crippen MR) is 100.0 cm³/mol. The lowest BCUT2D eigenvalue weighted by Gasteiger charge is -2.36. The average molecular weight is 352 g/mol. The van der Waals surface area contributed by atoms with Gasteiger partial charge in [0.1, 0.15) is 12.1 Å². The molecule has 0 amide bonds. The van der Waals surface area contributed by atoms with Crippen molar-refractivity contribution in [3.8, 4) is 5.88 Å². The Kier molecular flexibility index (Phi) is 4.16. The van der Waals surface area contributed by atoms with Gasteiger partial charge in [-0.3, -0.25) is 4.79 Å². The molecule has 0 bridgehead atoms. The first kappa shape index (κ1) is 16.3. The van der Waals surface area contributed by atoms with E-state index in [-0.39, 0.29) is 5.56 Å². The second-order valence-electron chi connectivity index (χ2n) is 6.21. The molecule has 1 aliphatic rings. The van der Waals surface area contributed by atoms with Crippen molar-refractivity contribution in [2.24, 2.45) is 7.05 Å². The predicted octanol–water partition coefficient (Wildman–Crippen LogP) is 1.06. The third-order valence-electron chi connectivity index (χ3n) is 4.69. The molecular weight excluding hydrogens is 332 g/mol. The van der Waals surface area contributed by atoms with Crippen LogP contribution in [0.15, 0.2) is 41.5 Å². The Morgan fingerprint density at radius 3 is 2.50 bits per heavy atom. The van der Waals surface area contributed by atoms with Crippen molar-refractivity contribution >= 4 is 22.4 Å². The number of rotatable bonds is 3. The summed E-state index contributed by atoms with van der Waals surface area (Å²) in [6, 6.07) is 9.50. The van der Waals surface area contributed by atoms with Crippen molar-refractivity contribution < 1.29 is 4.74 Å². The summed E-state index contributed by atoms with van der Waals surface area (Å²) in [5, 5.41) is 5.25. The van der Waals surface area contributed by atoms with Crippen molar-refractivity contribution in [2.45, 2.75) is 0 Å². The zero-order valence-electron chi connectivity index (χ0n) is 14.8. The molecule has 1 aliphatic heterocycles. The quantitative estimate of drug-likeness (QED) is 0.697. The van der Waals surface area contributed by atoms with E-state index in [0.29, 0.717) is 5.88 Å². The molecule has 26 heavy (non-hydrogen) atoms. The summed E-state index contributed by atoms with van der Waals surface area (Å²) in [5.74, 6) is 1.42. The van der Waals surface area contributed by atoms with E-state index in [1.165, 1.54) is 11.0 Å². The molecule has 0 aliphatic carbocycles. The number of hydrogen-bond donors (Lipinski definition) is 0. The van der Waals surface area contributed by atoms with E-state index < -0.39 is 0 Å². The second kappa shape index (κ2) is 6.62. The zero-order valence-corrected chi connectivity index (χ0v) is 14.8. The first-order valence-electron chi connectivity index (χ1n) is 8.49. The van der Waals surface area contributed by atoms with Crippen LogP contribution in [0.1, 0.15) is 0 Å². The third-order valence-corrected chi connectivity index (χ3v) is 4.69. The van der Waals surface area contributed by atoms with E-state index >= 15 is 0 Å². The fourth-order valence-electron chi connectivity index (χ4n) is 3.23. The van der Waals surface area contributed by atoms with Gasteiger partial charge in [0.15, 0.2) is 0 Å². The molecule has 0 spiro atoms. The van der Waals surface area contributed by atoms with Gasteiger partial charge in [0.05, 0.1) is 18.0 Å². The summed E-state index contributed by atoms with van der Waals surface area (Å²) in [6.07, 6.45) is 1.51. The highest BCUT2D eigenvalue weighted by molar-refractivity contribution is 5.86. The minimum absolute atomic E-state index is 0.0975. The van der Waals surface area contributed by atoms with E-state index in [2.05, 4.69) is 37.0 Å². The molecule has 0 saturated carbocycles. The molecule has 0 atom stereocenters. The van der Waals surface area contributed by atoms with Gasteiger partial charge in [-0.25, -0.2) is 14.6 Å². The number of aryl methyl sites for hydroxylation is 1. The maximum Gasteiger partial charge on any atom is 0.266 e. The van der Waals surface area contributed by atoms with Gasteiger partial charge in [0, 0.05) is 45.0 Å². The van der Waals surface area contributed by atoms with Crippen LogP contribution in [0, 0.1) is 0 Å². The van der Waals surface area contributed by atoms with Gasteiger partial charge in [-0.1, -0.05) is 0 Å². The molecule has 2 aromatic heterocycles. The Balaban J connectivity index is 1.53. The van der Waals surface area contributed by atoms with Crippen LogP contribution < -0.4 is 20.1 Å². The van der Waals surface area contributed by atoms with Gasteiger partial charge in [-0.15, -0.1) is 0 Å². The van der Waals surface area contributed by atoms with E-state index in [9.17, 15) is 4.79 Å². The van der Waals surface area contributed by atoms with E-state index in [0.717, 1.165) is 48.6 Å². The smallest absolute Gasteiger partial charge is 0.266 e. The fourth-order valence-corrected chi connectivity index (χ4v) is 3.23. The van der Waals surface area contributed by atoms with Gasteiger partial charge < -0.3 is 14.5 Å². The Morgan fingerprint density at radius 2 is 1.77 bits per heavy atom. The van der Waals surface area contributed by atoms with Crippen molar-refractivity contribution in [2.75, 3.05) is 43.1 Å². The summed E-state index contributed by atoms with van der Waals surface area (Å²) >= 11 is 0. The van der Waals surface area contributed by atoms with Crippen molar-refractivity contribution in [3.05, 3.63) is 47.0 Å². The zero-order chi connectivity index (χ0) is 18.1. The van der Waals surface area contributed by atoms with Crippen LogP contribution in [0.3, 0.4) is 0 Å². The largest absolute Gasteiger partial charge is 0.480 e. The Bertz CT molecular complexity index is 994. The molecule has 1 fully saturated rings. The molecular formula is C18H20N6O2. The van der Waals surface area contributed by atoms with Crippen LogP contribution in [0.4, 0.5) is 11.5 Å². The molecule has 3 aromatic rings. The molecule has 1 aromatic carbocycles. The molecule has 0 unspecified atom stereocenters. The lowest BCUT2D eigenvalue weighted by atomic mass is 10.2. The van der Waals surface area contributed by atoms with Crippen LogP contribution in [-0.2, 0) is 7.05 Å². The minimum atomic E-state index is -0.0975. The highest BCUT2D eigenvalue weighted by atomic mass is 16.5. The average Bonchev–Trinajstić information content (AvgIpc) is 2.69. The standard InChI is InChI=1S/C18H20N6O2/c1-22-17(25)6-5-16(21-22)24-9-7-23(8-10-24)13-3-4-15-14(11-13)18(26-2)20-12-19-15/h3-6,11-12H,7-10H2,1-2H3. The summed E-state index contributed by atoms with van der Waals surface area (Å²) in [4.78, 5) is 24.5. The first-order chi connectivity index (χ1) is 12.7. The second-order valence-corrected chi connectivity index (χ2v) is 6.21. The van der Waals surface area contributed by atoms with Gasteiger partial charge in [-0.2, -0.15) is 5.10 Å². The number of nitrogens with zero attached hydrogens (tertiary/aromatic N) is 6. The van der Waals surface area contributed by atoms with E-state index in [1.807, 2.05) is 6.07 Å². The topological polar surface area (TPSA) is 76.4 Å². The van der Waals surface area contributed by atoms with E-state index in [1.54, 1.807) is 26.3 Å². The fraction of sp³-hybridized carbons (Fsp3) is 0.333. The number of fused-ring (bicyclic) bond motifs is 1. The summed E-state index contributed by atoms with van der Waals surface area (Å²) < 4.78 is 6.72. The summed E-state index contributed by atoms with van der Waals surface area (Å²) in [7, 11) is 3.29. The Morgan fingerprint density at radius 1 is 1.00 bits per heavy atom. The molecule has 134 valence electrons. The van der Waals surface area contributed by atoms with E-state index in [4.69, 9.17) is 4.74 Å². The van der Waals surface area contributed by atoms with Crippen LogP contribution in [0.2, 0.25) is 0 Å². The minimum Gasteiger partial charge on any atom is -0.480 e. The van der Waals surface area contributed by atoms with Crippen LogP contribution in [0.25, 0.3) is 10.9 Å². The summed E-state index contributed by atoms with van der Waals surface area (Å²) in [5.41, 5.74) is 1.90. The van der Waals surface area contributed by atoms with Crippen molar-refractivity contribution in [1.82, 2.24) is 19.7 Å². The first-order valence-corrected chi connectivity index (χ1v) is 8.49. The normalized spacial score (nSPS) is 14.7. The number of methoxy groups -OCH3 is 1. The monoisotopic (exact) mass is 352 g/mol. The van der Waals surface area contributed by atoms with Crippen LogP contribution in [-0.4, -0.2) is 53.0 Å². The Labute approximate surface area is 150 Å². The van der Waals surface area contributed by atoms with Gasteiger partial charge >= 0.3 is 0 Å². The maximum absolute atomic E-state index is 11.5. The van der Waals surface area contributed by atoms with Crippen molar-refractivity contribution in [1.29, 1.82) is 0 Å². The molecule has 0 N–H and O–H groups in total. The lowest BCUT2D eigenvalue weighted by molar-refractivity contribution is 0.402. The van der Waals surface area contributed by atoms with Gasteiger partial charge in [0.25, 0.3) is 5.56 Å². The molecule has 8 heteroatoms. The van der Waals surface area contributed by atoms with Crippen molar-refractivity contribution in [3.63, 3.8) is 0 Å². The third kappa shape index (κ3) is 2.94.